The van der Waals surface area contributed by atoms with E-state index in [4.69, 9.17) is 9.05 Å². The molecule has 1 unspecified atom stereocenters. The standard InChI is InChI=1S/C23H21O3PSe/c1-3-25-27(24)21-16-17(2)14-15-20(21)23(28-19-12-8-5-9-13-19)22(26-27)18-10-6-4-7-11-18/h4-16H,3H2,1-2H3. The number of hydrogen-bond acceptors (Lipinski definition) is 3. The summed E-state index contributed by atoms with van der Waals surface area (Å²) in [6.45, 7) is 4.16. The van der Waals surface area contributed by atoms with Gasteiger partial charge in [-0.05, 0) is 0 Å². The molecule has 0 bridgehead atoms. The van der Waals surface area contributed by atoms with Crippen LogP contribution >= 0.6 is 7.60 Å². The van der Waals surface area contributed by atoms with E-state index in [-0.39, 0.29) is 15.0 Å². The van der Waals surface area contributed by atoms with Crippen molar-refractivity contribution in [1.29, 1.82) is 0 Å². The first-order valence-electron chi connectivity index (χ1n) is 9.19. The van der Waals surface area contributed by atoms with Crippen LogP contribution in [0.5, 0.6) is 0 Å². The van der Waals surface area contributed by atoms with E-state index >= 15 is 0 Å². The fourth-order valence-corrected chi connectivity index (χ4v) is 7.60. The fraction of sp³-hybridized carbons (Fsp3) is 0.130. The van der Waals surface area contributed by atoms with Gasteiger partial charge in [0.15, 0.2) is 0 Å². The molecule has 0 fully saturated rings. The number of fused-ring (bicyclic) bond motifs is 1. The summed E-state index contributed by atoms with van der Waals surface area (Å²) in [7, 11) is -3.44. The van der Waals surface area contributed by atoms with Gasteiger partial charge in [-0.3, -0.25) is 0 Å². The zero-order valence-corrected chi connectivity index (χ0v) is 18.4. The maximum atomic E-state index is 13.7. The van der Waals surface area contributed by atoms with Gasteiger partial charge < -0.3 is 0 Å². The minimum atomic E-state index is -3.44. The van der Waals surface area contributed by atoms with Crippen molar-refractivity contribution in [2.24, 2.45) is 0 Å². The Hall–Kier alpha value is -2.09. The molecule has 0 saturated carbocycles. The molecule has 0 N–H and O–H groups in total. The van der Waals surface area contributed by atoms with Crippen LogP contribution in [-0.4, -0.2) is 21.6 Å². The van der Waals surface area contributed by atoms with Gasteiger partial charge in [-0.15, -0.1) is 0 Å². The van der Waals surface area contributed by atoms with Crippen molar-refractivity contribution in [1.82, 2.24) is 0 Å². The third kappa shape index (κ3) is 3.74. The summed E-state index contributed by atoms with van der Waals surface area (Å²) in [5, 5.41) is 0.668. The molecular weight excluding hydrogens is 434 g/mol. The van der Waals surface area contributed by atoms with Crippen molar-refractivity contribution >= 4 is 42.5 Å². The molecule has 28 heavy (non-hydrogen) atoms. The molecule has 4 rings (SSSR count). The van der Waals surface area contributed by atoms with Crippen LogP contribution in [0.3, 0.4) is 0 Å². The van der Waals surface area contributed by atoms with Gasteiger partial charge in [-0.1, -0.05) is 0 Å². The Balaban J connectivity index is 1.95. The van der Waals surface area contributed by atoms with Gasteiger partial charge in [-0.25, -0.2) is 0 Å². The second-order valence-corrected chi connectivity index (χ2v) is 10.7. The van der Waals surface area contributed by atoms with Crippen molar-refractivity contribution in [3.05, 3.63) is 95.6 Å². The first kappa shape index (κ1) is 19.2. The molecule has 3 aromatic rings. The van der Waals surface area contributed by atoms with E-state index in [1.807, 2.05) is 68.4 Å². The van der Waals surface area contributed by atoms with Gasteiger partial charge in [0.2, 0.25) is 0 Å². The molecule has 142 valence electrons. The summed E-state index contributed by atoms with van der Waals surface area (Å²) in [6.07, 6.45) is 0. The Kier molecular flexibility index (Phi) is 5.57. The van der Waals surface area contributed by atoms with Crippen molar-refractivity contribution in [3.63, 3.8) is 0 Å². The molecule has 0 amide bonds. The van der Waals surface area contributed by atoms with E-state index in [0.29, 0.717) is 17.7 Å². The van der Waals surface area contributed by atoms with E-state index in [2.05, 4.69) is 24.3 Å². The summed E-state index contributed by atoms with van der Waals surface area (Å²) < 4.78 is 27.9. The van der Waals surface area contributed by atoms with Crippen molar-refractivity contribution in [3.8, 4) is 0 Å². The molecule has 1 atom stereocenters. The normalized spacial score (nSPS) is 18.5. The number of hydrogen-bond donors (Lipinski definition) is 0. The third-order valence-electron chi connectivity index (χ3n) is 4.41. The molecular formula is C23H21O3PSe. The molecule has 5 heteroatoms. The van der Waals surface area contributed by atoms with Crippen LogP contribution in [0.1, 0.15) is 23.6 Å². The summed E-state index contributed by atoms with van der Waals surface area (Å²) in [4.78, 5) is 0. The second-order valence-electron chi connectivity index (χ2n) is 6.47. The SMILES string of the molecule is CCOP1(=O)OC(c2ccccc2)=C([Se]c2ccccc2)c2ccc(C)cc21. The van der Waals surface area contributed by atoms with E-state index in [1.54, 1.807) is 0 Å². The number of aryl methyl sites for hydroxylation is 1. The summed E-state index contributed by atoms with van der Waals surface area (Å²) in [5.41, 5.74) is 2.93. The molecule has 0 aromatic heterocycles. The number of benzene rings is 3. The van der Waals surface area contributed by atoms with Crippen molar-refractivity contribution in [2.45, 2.75) is 13.8 Å². The topological polar surface area (TPSA) is 35.5 Å². The molecule has 0 saturated heterocycles. The molecule has 3 nitrogen and oxygen atoms in total. The number of rotatable bonds is 5. The Morgan fingerprint density at radius 3 is 2.32 bits per heavy atom. The van der Waals surface area contributed by atoms with Gasteiger partial charge in [0.05, 0.1) is 0 Å². The van der Waals surface area contributed by atoms with Crippen LogP contribution in [0.2, 0.25) is 0 Å². The van der Waals surface area contributed by atoms with Gasteiger partial charge in [-0.2, -0.15) is 0 Å². The fourth-order valence-electron chi connectivity index (χ4n) is 3.14. The molecule has 1 heterocycles. The maximum absolute atomic E-state index is 13.7. The van der Waals surface area contributed by atoms with Crippen molar-refractivity contribution in [2.75, 3.05) is 6.61 Å². The molecule has 0 radical (unpaired) electrons. The van der Waals surface area contributed by atoms with Crippen LogP contribution in [0.25, 0.3) is 10.2 Å². The van der Waals surface area contributed by atoms with Crippen LogP contribution < -0.4 is 9.77 Å². The van der Waals surface area contributed by atoms with Crippen LogP contribution in [0.15, 0.2) is 78.9 Å². The van der Waals surface area contributed by atoms with Gasteiger partial charge in [0.25, 0.3) is 0 Å². The summed E-state index contributed by atoms with van der Waals surface area (Å²) in [5.74, 6) is 0.664. The molecule has 1 aliphatic heterocycles. The second kappa shape index (κ2) is 8.11. The summed E-state index contributed by atoms with van der Waals surface area (Å²) in [6, 6.07) is 26.3. The van der Waals surface area contributed by atoms with Crippen molar-refractivity contribution < 1.29 is 13.6 Å². The van der Waals surface area contributed by atoms with E-state index in [1.165, 1.54) is 4.46 Å². The predicted octanol–water partition coefficient (Wildman–Crippen LogP) is 4.74. The quantitative estimate of drug-likeness (QED) is 0.412. The minimum absolute atomic E-state index is 0.00604. The van der Waals surface area contributed by atoms with Gasteiger partial charge >= 0.3 is 172 Å². The Morgan fingerprint density at radius 1 is 0.964 bits per heavy atom. The summed E-state index contributed by atoms with van der Waals surface area (Å²) >= 11 is -0.00604. The average molecular weight is 455 g/mol. The molecule has 3 aromatic carbocycles. The van der Waals surface area contributed by atoms with Crippen LogP contribution in [-0.2, 0) is 13.6 Å². The molecule has 0 spiro atoms. The Morgan fingerprint density at radius 2 is 1.64 bits per heavy atom. The zero-order chi connectivity index (χ0) is 19.6. The first-order chi connectivity index (χ1) is 13.6. The zero-order valence-electron chi connectivity index (χ0n) is 15.8. The predicted molar refractivity (Wildman–Crippen MR) is 116 cm³/mol. The van der Waals surface area contributed by atoms with Gasteiger partial charge in [0, 0.05) is 0 Å². The van der Waals surface area contributed by atoms with E-state index < -0.39 is 7.60 Å². The Labute approximate surface area is 172 Å². The Bertz CT molecular complexity index is 1060. The van der Waals surface area contributed by atoms with Gasteiger partial charge in [0.1, 0.15) is 0 Å². The monoisotopic (exact) mass is 456 g/mol. The average Bonchev–Trinajstić information content (AvgIpc) is 2.72. The van der Waals surface area contributed by atoms with E-state index in [0.717, 1.165) is 21.2 Å². The third-order valence-corrected chi connectivity index (χ3v) is 8.73. The molecule has 1 aliphatic rings. The van der Waals surface area contributed by atoms with Crippen LogP contribution in [0, 0.1) is 6.92 Å². The molecule has 0 aliphatic carbocycles. The van der Waals surface area contributed by atoms with Crippen LogP contribution in [0.4, 0.5) is 0 Å². The van der Waals surface area contributed by atoms with E-state index in [9.17, 15) is 4.57 Å². The first-order valence-corrected chi connectivity index (χ1v) is 12.4.